The molecule has 0 spiro atoms. The second-order valence-corrected chi connectivity index (χ2v) is 4.41. The van der Waals surface area contributed by atoms with Gasteiger partial charge in [-0.25, -0.2) is 0 Å². The average Bonchev–Trinajstić information content (AvgIpc) is 2.54. The molecule has 0 fully saturated rings. The van der Waals surface area contributed by atoms with Crippen LogP contribution >= 0.6 is 0 Å². The zero-order valence-corrected chi connectivity index (χ0v) is 12.2. The van der Waals surface area contributed by atoms with Gasteiger partial charge in [0.2, 0.25) is 0 Å². The van der Waals surface area contributed by atoms with Crippen molar-refractivity contribution in [3.8, 4) is 17.6 Å². The third kappa shape index (κ3) is 3.67. The van der Waals surface area contributed by atoms with E-state index in [1.54, 1.807) is 7.11 Å². The molecule has 0 saturated carbocycles. The van der Waals surface area contributed by atoms with Crippen molar-refractivity contribution in [2.75, 3.05) is 19.0 Å². The molecule has 4 nitrogen and oxygen atoms in total. The van der Waals surface area contributed by atoms with E-state index in [9.17, 15) is 5.26 Å². The van der Waals surface area contributed by atoms with Crippen LogP contribution in [-0.2, 0) is 0 Å². The van der Waals surface area contributed by atoms with Crippen LogP contribution in [0.1, 0.15) is 18.5 Å². The summed E-state index contributed by atoms with van der Waals surface area (Å²) in [6.45, 7) is 2.49. The topological polar surface area (TPSA) is 54.3 Å². The summed E-state index contributed by atoms with van der Waals surface area (Å²) >= 11 is 0. The van der Waals surface area contributed by atoms with Gasteiger partial charge < -0.3 is 14.8 Å². The molecule has 0 heterocycles. The van der Waals surface area contributed by atoms with Crippen molar-refractivity contribution in [3.05, 3.63) is 54.1 Å². The van der Waals surface area contributed by atoms with Gasteiger partial charge in [-0.15, -0.1) is 0 Å². The predicted octanol–water partition coefficient (Wildman–Crippen LogP) is 3.77. The smallest absolute Gasteiger partial charge is 0.143 e. The van der Waals surface area contributed by atoms with E-state index >= 15 is 0 Å². The number of nitriles is 1. The van der Waals surface area contributed by atoms with Crippen molar-refractivity contribution in [2.45, 2.75) is 13.0 Å². The highest BCUT2D eigenvalue weighted by Crippen LogP contribution is 2.28. The lowest BCUT2D eigenvalue weighted by molar-refractivity contribution is 0.336. The van der Waals surface area contributed by atoms with Crippen LogP contribution in [0.5, 0.6) is 11.5 Å². The molecule has 2 aromatic carbocycles. The van der Waals surface area contributed by atoms with Gasteiger partial charge in [0.05, 0.1) is 19.8 Å². The highest BCUT2D eigenvalue weighted by molar-refractivity contribution is 5.53. The molecule has 1 atom stereocenters. The van der Waals surface area contributed by atoms with Crippen LogP contribution in [-0.4, -0.2) is 13.7 Å². The normalized spacial score (nSPS) is 11.3. The van der Waals surface area contributed by atoms with Crippen molar-refractivity contribution in [2.24, 2.45) is 0 Å². The summed E-state index contributed by atoms with van der Waals surface area (Å²) in [4.78, 5) is 0. The van der Waals surface area contributed by atoms with Crippen LogP contribution in [0, 0.1) is 11.3 Å². The lowest BCUT2D eigenvalue weighted by atomic mass is 10.1. The summed E-state index contributed by atoms with van der Waals surface area (Å²) in [5.74, 6) is 1.47. The second kappa shape index (κ2) is 7.20. The predicted molar refractivity (Wildman–Crippen MR) is 82.6 cm³/mol. The number of nitrogens with one attached hydrogen (secondary N) is 1. The Morgan fingerprint density at radius 1 is 1.19 bits per heavy atom. The van der Waals surface area contributed by atoms with Crippen molar-refractivity contribution < 1.29 is 9.47 Å². The Morgan fingerprint density at radius 3 is 2.71 bits per heavy atom. The van der Waals surface area contributed by atoms with Gasteiger partial charge >= 0.3 is 0 Å². The number of anilines is 1. The summed E-state index contributed by atoms with van der Waals surface area (Å²) in [6, 6.07) is 16.8. The molecule has 0 aromatic heterocycles. The first-order chi connectivity index (χ1) is 10.3. The zero-order valence-electron chi connectivity index (χ0n) is 12.2. The number of nitrogens with zero attached hydrogens (tertiary/aromatic N) is 1. The highest BCUT2D eigenvalue weighted by Gasteiger charge is 2.15. The van der Waals surface area contributed by atoms with E-state index in [2.05, 4.69) is 11.4 Å². The zero-order chi connectivity index (χ0) is 15.1. The molecule has 0 aliphatic carbocycles. The second-order valence-electron chi connectivity index (χ2n) is 4.41. The number of hydrogen-bond donors (Lipinski definition) is 1. The Morgan fingerprint density at radius 2 is 2.00 bits per heavy atom. The minimum absolute atomic E-state index is 0.486. The Hall–Kier alpha value is -2.67. The van der Waals surface area contributed by atoms with Crippen LogP contribution in [0.25, 0.3) is 0 Å². The van der Waals surface area contributed by atoms with Crippen molar-refractivity contribution in [1.29, 1.82) is 5.26 Å². The van der Waals surface area contributed by atoms with Gasteiger partial charge in [0.1, 0.15) is 17.5 Å². The van der Waals surface area contributed by atoms with E-state index in [1.807, 2.05) is 55.5 Å². The molecular formula is C17H18N2O2. The van der Waals surface area contributed by atoms with Gasteiger partial charge in [-0.2, -0.15) is 5.26 Å². The molecule has 4 heteroatoms. The molecule has 2 rings (SSSR count). The van der Waals surface area contributed by atoms with Gasteiger partial charge in [-0.05, 0) is 25.1 Å². The fraction of sp³-hybridized carbons (Fsp3) is 0.235. The molecule has 0 radical (unpaired) electrons. The molecule has 21 heavy (non-hydrogen) atoms. The monoisotopic (exact) mass is 282 g/mol. The van der Waals surface area contributed by atoms with E-state index in [0.717, 1.165) is 22.7 Å². The number of benzene rings is 2. The van der Waals surface area contributed by atoms with Crippen LogP contribution in [0.3, 0.4) is 0 Å². The van der Waals surface area contributed by atoms with E-state index in [4.69, 9.17) is 9.47 Å². The number of methoxy groups -OCH3 is 1. The number of para-hydroxylation sites is 1. The largest absolute Gasteiger partial charge is 0.497 e. The molecule has 0 bridgehead atoms. The van der Waals surface area contributed by atoms with Crippen molar-refractivity contribution in [1.82, 2.24) is 0 Å². The first-order valence-electron chi connectivity index (χ1n) is 6.80. The Kier molecular flexibility index (Phi) is 5.05. The van der Waals surface area contributed by atoms with Crippen LogP contribution in [0.2, 0.25) is 0 Å². The Balaban J connectivity index is 2.26. The molecule has 0 aliphatic heterocycles. The SMILES string of the molecule is CCOc1ccccc1C(C#N)Nc1cccc(OC)c1. The first kappa shape index (κ1) is 14.7. The molecule has 1 unspecified atom stereocenters. The third-order valence-corrected chi connectivity index (χ3v) is 3.04. The van der Waals surface area contributed by atoms with E-state index < -0.39 is 6.04 Å². The maximum Gasteiger partial charge on any atom is 0.143 e. The minimum atomic E-state index is -0.486. The number of hydrogen-bond acceptors (Lipinski definition) is 4. The first-order valence-corrected chi connectivity index (χ1v) is 6.80. The van der Waals surface area contributed by atoms with E-state index in [1.165, 1.54) is 0 Å². The fourth-order valence-corrected chi connectivity index (χ4v) is 2.07. The van der Waals surface area contributed by atoms with Gasteiger partial charge in [0.25, 0.3) is 0 Å². The Labute approximate surface area is 124 Å². The molecule has 1 N–H and O–H groups in total. The average molecular weight is 282 g/mol. The van der Waals surface area contributed by atoms with Gasteiger partial charge in [0.15, 0.2) is 0 Å². The third-order valence-electron chi connectivity index (χ3n) is 3.04. The molecular weight excluding hydrogens is 264 g/mol. The summed E-state index contributed by atoms with van der Waals surface area (Å²) in [5, 5.41) is 12.7. The standard InChI is InChI=1S/C17H18N2O2/c1-3-21-17-10-5-4-9-15(17)16(12-18)19-13-7-6-8-14(11-13)20-2/h4-11,16,19H,3H2,1-2H3. The minimum Gasteiger partial charge on any atom is -0.497 e. The molecule has 108 valence electrons. The van der Waals surface area contributed by atoms with E-state index in [0.29, 0.717) is 6.61 Å². The maximum atomic E-state index is 9.46. The lowest BCUT2D eigenvalue weighted by Crippen LogP contribution is -2.10. The lowest BCUT2D eigenvalue weighted by Gasteiger charge is -2.17. The molecule has 2 aromatic rings. The molecule has 0 amide bonds. The summed E-state index contributed by atoms with van der Waals surface area (Å²) < 4.78 is 10.8. The van der Waals surface area contributed by atoms with E-state index in [-0.39, 0.29) is 0 Å². The summed E-state index contributed by atoms with van der Waals surface area (Å²) in [7, 11) is 1.62. The van der Waals surface area contributed by atoms with Crippen molar-refractivity contribution in [3.63, 3.8) is 0 Å². The number of rotatable bonds is 6. The van der Waals surface area contributed by atoms with Gasteiger partial charge in [0, 0.05) is 17.3 Å². The Bertz CT molecular complexity index is 635. The molecule has 0 aliphatic rings. The maximum absolute atomic E-state index is 9.46. The van der Waals surface area contributed by atoms with Crippen LogP contribution < -0.4 is 14.8 Å². The summed E-state index contributed by atoms with van der Waals surface area (Å²) in [5.41, 5.74) is 1.65. The summed E-state index contributed by atoms with van der Waals surface area (Å²) in [6.07, 6.45) is 0. The quantitative estimate of drug-likeness (QED) is 0.876. The van der Waals surface area contributed by atoms with Crippen LogP contribution in [0.15, 0.2) is 48.5 Å². The fourth-order valence-electron chi connectivity index (χ4n) is 2.07. The van der Waals surface area contributed by atoms with Gasteiger partial charge in [-0.1, -0.05) is 24.3 Å². The highest BCUT2D eigenvalue weighted by atomic mass is 16.5. The van der Waals surface area contributed by atoms with Gasteiger partial charge in [-0.3, -0.25) is 0 Å². The number of ether oxygens (including phenoxy) is 2. The van der Waals surface area contributed by atoms with Crippen molar-refractivity contribution >= 4 is 5.69 Å². The molecule has 0 saturated heterocycles. The van der Waals surface area contributed by atoms with Crippen LogP contribution in [0.4, 0.5) is 5.69 Å².